The van der Waals surface area contributed by atoms with Crippen molar-refractivity contribution in [2.45, 2.75) is 38.5 Å². The van der Waals surface area contributed by atoms with E-state index in [1.165, 1.54) is 18.7 Å². The Balaban J connectivity index is 1.61. The highest BCUT2D eigenvalue weighted by Crippen LogP contribution is 2.26. The number of fused-ring (bicyclic) bond motifs is 1. The van der Waals surface area contributed by atoms with Gasteiger partial charge in [-0.25, -0.2) is 9.97 Å². The number of nitrogens with two attached hydrogens (primary N) is 1. The van der Waals surface area contributed by atoms with Gasteiger partial charge in [-0.2, -0.15) is 0 Å². The van der Waals surface area contributed by atoms with E-state index in [1.54, 1.807) is 18.5 Å². The van der Waals surface area contributed by atoms with E-state index in [-0.39, 0.29) is 18.1 Å². The van der Waals surface area contributed by atoms with Gasteiger partial charge >= 0.3 is 0 Å². The molecule has 3 aromatic heterocycles. The minimum absolute atomic E-state index is 0.0246. The van der Waals surface area contributed by atoms with Crippen molar-refractivity contribution in [3.63, 3.8) is 0 Å². The van der Waals surface area contributed by atoms with E-state index in [0.717, 1.165) is 25.9 Å². The summed E-state index contributed by atoms with van der Waals surface area (Å²) in [6.45, 7) is 3.23. The van der Waals surface area contributed by atoms with Crippen molar-refractivity contribution in [2.24, 2.45) is 0 Å². The summed E-state index contributed by atoms with van der Waals surface area (Å²) in [7, 11) is 0. The van der Waals surface area contributed by atoms with Crippen LogP contribution in [0, 0.1) is 0 Å². The third-order valence-electron chi connectivity index (χ3n) is 4.90. The first-order chi connectivity index (χ1) is 13.6. The van der Waals surface area contributed by atoms with Crippen LogP contribution in [0.25, 0.3) is 11.0 Å². The van der Waals surface area contributed by atoms with Gasteiger partial charge < -0.3 is 19.8 Å². The van der Waals surface area contributed by atoms with Crippen molar-refractivity contribution in [1.29, 1.82) is 0 Å². The third-order valence-corrected chi connectivity index (χ3v) is 4.90. The molecule has 0 bridgehead atoms. The molecule has 0 amide bonds. The predicted octanol–water partition coefficient (Wildman–Crippen LogP) is 2.74. The van der Waals surface area contributed by atoms with Crippen LogP contribution in [0.15, 0.2) is 37.2 Å². The number of nitrogen functional groups attached to an aromatic ring is 1. The Labute approximate surface area is 162 Å². The van der Waals surface area contributed by atoms with Gasteiger partial charge in [0.05, 0.1) is 23.9 Å². The summed E-state index contributed by atoms with van der Waals surface area (Å²) >= 11 is 0. The highest BCUT2D eigenvalue weighted by molar-refractivity contribution is 6.16. The van der Waals surface area contributed by atoms with E-state index in [0.29, 0.717) is 34.5 Å². The van der Waals surface area contributed by atoms with E-state index < -0.39 is 0 Å². The first kappa shape index (κ1) is 18.5. The number of ether oxygens (including phenoxy) is 2. The molecule has 8 heteroatoms. The fraction of sp³-hybridized carbons (Fsp3) is 0.400. The number of carbonyl (C=O) groups is 1. The molecule has 4 heterocycles. The largest absolute Gasteiger partial charge is 0.397 e. The van der Waals surface area contributed by atoms with E-state index >= 15 is 0 Å². The van der Waals surface area contributed by atoms with Crippen LogP contribution >= 0.6 is 0 Å². The number of hydrogen-bond donors (Lipinski definition) is 1. The molecule has 1 aliphatic heterocycles. The van der Waals surface area contributed by atoms with E-state index in [4.69, 9.17) is 15.2 Å². The lowest BCUT2D eigenvalue weighted by atomic mass is 10.1. The molecule has 1 fully saturated rings. The summed E-state index contributed by atoms with van der Waals surface area (Å²) in [6.07, 6.45) is 10.9. The van der Waals surface area contributed by atoms with Gasteiger partial charge in [-0.1, -0.05) is 0 Å². The van der Waals surface area contributed by atoms with Crippen molar-refractivity contribution in [3.05, 3.63) is 48.3 Å². The Bertz CT molecular complexity index is 981. The van der Waals surface area contributed by atoms with Crippen LogP contribution in [0.5, 0.6) is 0 Å². The predicted molar refractivity (Wildman–Crippen MR) is 104 cm³/mol. The Hall–Kier alpha value is -2.84. The number of aromatic nitrogens is 4. The molecule has 4 rings (SSSR count). The second-order valence-corrected chi connectivity index (χ2v) is 7.02. The van der Waals surface area contributed by atoms with Gasteiger partial charge in [-0.15, -0.1) is 0 Å². The minimum atomic E-state index is -0.165. The van der Waals surface area contributed by atoms with Crippen molar-refractivity contribution < 1.29 is 14.3 Å². The minimum Gasteiger partial charge on any atom is -0.397 e. The lowest BCUT2D eigenvalue weighted by Crippen LogP contribution is -2.25. The van der Waals surface area contributed by atoms with Crippen LogP contribution in [0.1, 0.15) is 48.1 Å². The topological polar surface area (TPSA) is 105 Å². The second kappa shape index (κ2) is 8.04. The average Bonchev–Trinajstić information content (AvgIpc) is 3.12. The third kappa shape index (κ3) is 3.74. The van der Waals surface area contributed by atoms with Gasteiger partial charge in [0.15, 0.2) is 12.1 Å². The molecule has 8 nitrogen and oxygen atoms in total. The van der Waals surface area contributed by atoms with E-state index in [9.17, 15) is 4.79 Å². The molecular formula is C20H23N5O3. The summed E-state index contributed by atoms with van der Waals surface area (Å²) in [4.78, 5) is 25.5. The van der Waals surface area contributed by atoms with Crippen LogP contribution in [-0.2, 0) is 9.47 Å². The molecule has 2 N–H and O–H groups in total. The monoisotopic (exact) mass is 381 g/mol. The molecule has 0 spiro atoms. The lowest BCUT2D eigenvalue weighted by Gasteiger charge is -2.24. The first-order valence-electron chi connectivity index (χ1n) is 9.42. The Kier molecular flexibility index (Phi) is 5.31. The quantitative estimate of drug-likeness (QED) is 0.655. The van der Waals surface area contributed by atoms with Crippen molar-refractivity contribution in [3.8, 4) is 0 Å². The smallest absolute Gasteiger partial charge is 0.196 e. The van der Waals surface area contributed by atoms with Gasteiger partial charge in [0.25, 0.3) is 0 Å². The van der Waals surface area contributed by atoms with Crippen molar-refractivity contribution in [2.75, 3.05) is 18.9 Å². The molecule has 146 valence electrons. The zero-order chi connectivity index (χ0) is 19.5. The summed E-state index contributed by atoms with van der Waals surface area (Å²) in [6, 6.07) is 1.60. The highest BCUT2D eigenvalue weighted by atomic mass is 16.7. The average molecular weight is 381 g/mol. The number of nitrogens with zero attached hydrogens (tertiary/aromatic N) is 4. The normalized spacial score (nSPS) is 18.2. The molecule has 0 radical (unpaired) electrons. The van der Waals surface area contributed by atoms with E-state index in [1.807, 2.05) is 11.5 Å². The van der Waals surface area contributed by atoms with Crippen molar-refractivity contribution in [1.82, 2.24) is 19.5 Å². The molecule has 1 aliphatic rings. The molecule has 1 unspecified atom stereocenters. The molecule has 1 saturated heterocycles. The van der Waals surface area contributed by atoms with Crippen LogP contribution in [-0.4, -0.2) is 44.8 Å². The number of pyridine rings is 1. The summed E-state index contributed by atoms with van der Waals surface area (Å²) < 4.78 is 13.5. The second-order valence-electron chi connectivity index (χ2n) is 7.02. The molecule has 2 atom stereocenters. The van der Waals surface area contributed by atoms with Crippen LogP contribution in [0.3, 0.4) is 0 Å². The molecular weight excluding hydrogens is 358 g/mol. The zero-order valence-corrected chi connectivity index (χ0v) is 15.7. The highest BCUT2D eigenvalue weighted by Gasteiger charge is 2.22. The first-order valence-corrected chi connectivity index (χ1v) is 9.42. The molecule has 0 aliphatic carbocycles. The fourth-order valence-corrected chi connectivity index (χ4v) is 3.41. The van der Waals surface area contributed by atoms with Crippen LogP contribution < -0.4 is 5.73 Å². The van der Waals surface area contributed by atoms with E-state index in [2.05, 4.69) is 15.0 Å². The van der Waals surface area contributed by atoms with Crippen LogP contribution in [0.4, 0.5) is 5.69 Å². The lowest BCUT2D eigenvalue weighted by molar-refractivity contribution is -0.166. The number of hydrogen-bond acceptors (Lipinski definition) is 7. The van der Waals surface area contributed by atoms with Crippen molar-refractivity contribution >= 4 is 22.5 Å². The summed E-state index contributed by atoms with van der Waals surface area (Å²) in [5, 5.41) is 0.690. The van der Waals surface area contributed by atoms with Gasteiger partial charge in [0, 0.05) is 42.3 Å². The Morgan fingerprint density at radius 1 is 1.36 bits per heavy atom. The maximum absolute atomic E-state index is 13.0. The molecule has 0 aromatic carbocycles. The molecule has 28 heavy (non-hydrogen) atoms. The number of carbonyl (C=O) groups excluding carboxylic acids is 1. The van der Waals surface area contributed by atoms with Gasteiger partial charge in [0.2, 0.25) is 0 Å². The number of anilines is 1. The molecule has 0 saturated carbocycles. The molecule has 3 aromatic rings. The van der Waals surface area contributed by atoms with Crippen LogP contribution in [0.2, 0.25) is 0 Å². The SMILES string of the molecule is CC(CO[C@H]1CCCCO1)n1cc(C(=O)c2cncc(N)c2)c2cncnc21. The fourth-order valence-electron chi connectivity index (χ4n) is 3.41. The summed E-state index contributed by atoms with van der Waals surface area (Å²) in [5.74, 6) is -0.165. The standard InChI is InChI=1S/C20H23N5O3/c1-13(11-28-18-4-2-3-5-27-18)25-10-17(16-9-23-12-24-20(16)25)19(26)14-6-15(21)8-22-7-14/h6-10,12-13,18H,2-5,11,21H2,1H3/t13?,18-/m0/s1. The maximum Gasteiger partial charge on any atom is 0.196 e. The zero-order valence-electron chi connectivity index (χ0n) is 15.7. The number of rotatable bonds is 6. The van der Waals surface area contributed by atoms with Gasteiger partial charge in [0.1, 0.15) is 12.0 Å². The number of ketones is 1. The summed E-state index contributed by atoms with van der Waals surface area (Å²) in [5.41, 5.74) is 7.86. The van der Waals surface area contributed by atoms with Gasteiger partial charge in [-0.3, -0.25) is 9.78 Å². The Morgan fingerprint density at radius 3 is 3.04 bits per heavy atom. The Morgan fingerprint density at radius 2 is 2.25 bits per heavy atom. The maximum atomic E-state index is 13.0. The van der Waals surface area contributed by atoms with Gasteiger partial charge in [-0.05, 0) is 32.3 Å².